The van der Waals surface area contributed by atoms with E-state index in [1.807, 2.05) is 72.8 Å². The molecule has 3 aromatic carbocycles. The van der Waals surface area contributed by atoms with Crippen molar-refractivity contribution in [3.63, 3.8) is 0 Å². The van der Waals surface area contributed by atoms with Gasteiger partial charge in [0, 0.05) is 39.5 Å². The highest BCUT2D eigenvalue weighted by molar-refractivity contribution is 5.95. The second kappa shape index (κ2) is 14.3. The molecule has 0 saturated carbocycles. The molecule has 2 atom stereocenters. The predicted octanol–water partition coefficient (Wildman–Crippen LogP) is 4.02. The van der Waals surface area contributed by atoms with Crippen LogP contribution in [-0.4, -0.2) is 77.5 Å². The zero-order chi connectivity index (χ0) is 30.9. The molecule has 0 aromatic heterocycles. The minimum Gasteiger partial charge on any atom is -0.465 e. The van der Waals surface area contributed by atoms with Gasteiger partial charge in [0.1, 0.15) is 12.1 Å². The van der Waals surface area contributed by atoms with Gasteiger partial charge in [-0.1, -0.05) is 78.9 Å². The van der Waals surface area contributed by atoms with Crippen molar-refractivity contribution in [3.05, 3.63) is 96.1 Å². The van der Waals surface area contributed by atoms with Crippen molar-refractivity contribution in [2.24, 2.45) is 0 Å². The van der Waals surface area contributed by atoms with Crippen molar-refractivity contribution in [3.8, 4) is 0 Å². The summed E-state index contributed by atoms with van der Waals surface area (Å²) in [5.74, 6) is -1.09. The molecular weight excluding hydrogens is 532 g/mol. The molecule has 4 amide bonds. The number of nitrogens with zero attached hydrogens (tertiary/aromatic N) is 2. The van der Waals surface area contributed by atoms with Crippen LogP contribution in [0.5, 0.6) is 0 Å². The summed E-state index contributed by atoms with van der Waals surface area (Å²) in [5, 5.41) is 16.1. The highest BCUT2D eigenvalue weighted by Gasteiger charge is 2.34. The third-order valence-corrected chi connectivity index (χ3v) is 7.36. The van der Waals surface area contributed by atoms with E-state index in [0.717, 1.165) is 21.9 Å². The van der Waals surface area contributed by atoms with Crippen LogP contribution in [0.25, 0.3) is 10.8 Å². The van der Waals surface area contributed by atoms with E-state index in [1.165, 1.54) is 22.9 Å². The summed E-state index contributed by atoms with van der Waals surface area (Å²) in [5.41, 5.74) is 1.02. The van der Waals surface area contributed by atoms with Crippen molar-refractivity contribution in [2.75, 3.05) is 21.1 Å². The Labute approximate surface area is 247 Å². The van der Waals surface area contributed by atoms with Crippen LogP contribution in [-0.2, 0) is 27.2 Å². The molecular formula is C33H40N4O5. The summed E-state index contributed by atoms with van der Waals surface area (Å²) in [6.07, 6.45) is 2.62. The lowest BCUT2D eigenvalue weighted by Crippen LogP contribution is -2.55. The molecule has 3 rings (SSSR count). The monoisotopic (exact) mass is 572 g/mol. The van der Waals surface area contributed by atoms with Crippen LogP contribution in [0.4, 0.5) is 4.79 Å². The molecule has 0 radical (unpaired) electrons. The number of carboxylic acid groups (broad SMARTS) is 1. The molecule has 0 unspecified atom stereocenters. The number of hydrogen-bond donors (Lipinski definition) is 3. The van der Waals surface area contributed by atoms with E-state index in [1.54, 1.807) is 34.0 Å². The third-order valence-electron chi connectivity index (χ3n) is 7.36. The van der Waals surface area contributed by atoms with Gasteiger partial charge in [0.2, 0.25) is 17.7 Å². The Morgan fingerprint density at radius 1 is 0.857 bits per heavy atom. The van der Waals surface area contributed by atoms with E-state index in [-0.39, 0.29) is 24.7 Å². The SMILES string of the molecule is CNC(=O)[C@@H](Cc1ccccc1)N(C)C(=O)[C@@H](Cc1cccc2ccccc12)N(C)C(=O)C=CCC(C)(C)NC(=O)O. The molecule has 0 spiro atoms. The summed E-state index contributed by atoms with van der Waals surface area (Å²) >= 11 is 0. The molecule has 0 aliphatic heterocycles. The van der Waals surface area contributed by atoms with Gasteiger partial charge in [0.25, 0.3) is 0 Å². The number of likely N-dealkylation sites (N-methyl/N-ethyl adjacent to an activating group) is 3. The average molecular weight is 573 g/mol. The Balaban J connectivity index is 1.94. The van der Waals surface area contributed by atoms with Gasteiger partial charge in [-0.25, -0.2) is 4.79 Å². The van der Waals surface area contributed by atoms with Crippen LogP contribution in [0.15, 0.2) is 84.9 Å². The molecule has 0 heterocycles. The zero-order valence-corrected chi connectivity index (χ0v) is 24.8. The molecule has 0 aliphatic rings. The topological polar surface area (TPSA) is 119 Å². The van der Waals surface area contributed by atoms with E-state index >= 15 is 0 Å². The Bertz CT molecular complexity index is 1430. The maximum Gasteiger partial charge on any atom is 0.405 e. The first-order chi connectivity index (χ1) is 19.9. The lowest BCUT2D eigenvalue weighted by Gasteiger charge is -2.34. The number of carbonyl (C=O) groups excluding carboxylic acids is 3. The number of nitrogens with one attached hydrogen (secondary N) is 2. The lowest BCUT2D eigenvalue weighted by molar-refractivity contribution is -0.146. The number of rotatable bonds is 12. The van der Waals surface area contributed by atoms with Crippen LogP contribution >= 0.6 is 0 Å². The second-order valence-electron chi connectivity index (χ2n) is 11.0. The molecule has 9 heteroatoms. The summed E-state index contributed by atoms with van der Waals surface area (Å²) < 4.78 is 0. The molecule has 222 valence electrons. The van der Waals surface area contributed by atoms with E-state index in [4.69, 9.17) is 5.11 Å². The van der Waals surface area contributed by atoms with E-state index in [9.17, 15) is 19.2 Å². The number of carbonyl (C=O) groups is 4. The Morgan fingerprint density at radius 3 is 2.17 bits per heavy atom. The van der Waals surface area contributed by atoms with Crippen molar-refractivity contribution in [1.29, 1.82) is 0 Å². The lowest BCUT2D eigenvalue weighted by atomic mass is 9.96. The smallest absolute Gasteiger partial charge is 0.405 e. The van der Waals surface area contributed by atoms with E-state index in [0.29, 0.717) is 6.42 Å². The number of fused-ring (bicyclic) bond motifs is 1. The fourth-order valence-corrected chi connectivity index (χ4v) is 4.93. The predicted molar refractivity (Wildman–Crippen MR) is 164 cm³/mol. The fraction of sp³-hybridized carbons (Fsp3) is 0.333. The summed E-state index contributed by atoms with van der Waals surface area (Å²) in [4.78, 5) is 54.4. The highest BCUT2D eigenvalue weighted by Crippen LogP contribution is 2.23. The maximum atomic E-state index is 14.2. The second-order valence-corrected chi connectivity index (χ2v) is 11.0. The van der Waals surface area contributed by atoms with Gasteiger partial charge < -0.3 is 25.5 Å². The first-order valence-corrected chi connectivity index (χ1v) is 13.9. The van der Waals surface area contributed by atoms with Crippen LogP contribution in [0.3, 0.4) is 0 Å². The summed E-state index contributed by atoms with van der Waals surface area (Å²) in [6.45, 7) is 3.43. The van der Waals surface area contributed by atoms with Gasteiger partial charge in [-0.05, 0) is 48.2 Å². The van der Waals surface area contributed by atoms with Crippen molar-refractivity contribution >= 4 is 34.6 Å². The normalized spacial score (nSPS) is 12.9. The minimum absolute atomic E-state index is 0.235. The molecule has 0 fully saturated rings. The Morgan fingerprint density at radius 2 is 1.50 bits per heavy atom. The molecule has 0 aliphatic carbocycles. The van der Waals surface area contributed by atoms with Gasteiger partial charge >= 0.3 is 6.09 Å². The maximum absolute atomic E-state index is 14.2. The van der Waals surface area contributed by atoms with Gasteiger partial charge in [0.05, 0.1) is 0 Å². The molecule has 0 saturated heterocycles. The third kappa shape index (κ3) is 8.42. The number of benzene rings is 3. The van der Waals surface area contributed by atoms with E-state index in [2.05, 4.69) is 10.6 Å². The van der Waals surface area contributed by atoms with Crippen molar-refractivity contribution < 1.29 is 24.3 Å². The Kier molecular flexibility index (Phi) is 10.8. The van der Waals surface area contributed by atoms with Crippen LogP contribution in [0.1, 0.15) is 31.4 Å². The fourth-order valence-electron chi connectivity index (χ4n) is 4.93. The quantitative estimate of drug-likeness (QED) is 0.283. The van der Waals surface area contributed by atoms with Crippen molar-refractivity contribution in [2.45, 2.75) is 50.7 Å². The first-order valence-electron chi connectivity index (χ1n) is 13.9. The number of amides is 4. The van der Waals surface area contributed by atoms with Crippen LogP contribution < -0.4 is 10.6 Å². The molecule has 3 aromatic rings. The van der Waals surface area contributed by atoms with Crippen LogP contribution in [0, 0.1) is 0 Å². The molecule has 42 heavy (non-hydrogen) atoms. The van der Waals surface area contributed by atoms with Gasteiger partial charge in [0.15, 0.2) is 0 Å². The summed E-state index contributed by atoms with van der Waals surface area (Å²) in [7, 11) is 4.70. The Hall–Kier alpha value is -4.66. The average Bonchev–Trinajstić information content (AvgIpc) is 2.97. The van der Waals surface area contributed by atoms with E-state index < -0.39 is 29.6 Å². The zero-order valence-electron chi connectivity index (χ0n) is 24.8. The minimum atomic E-state index is -1.15. The highest BCUT2D eigenvalue weighted by atomic mass is 16.4. The molecule has 9 nitrogen and oxygen atoms in total. The van der Waals surface area contributed by atoms with Gasteiger partial charge in [-0.15, -0.1) is 0 Å². The van der Waals surface area contributed by atoms with Crippen LogP contribution in [0.2, 0.25) is 0 Å². The largest absolute Gasteiger partial charge is 0.465 e. The number of hydrogen-bond acceptors (Lipinski definition) is 4. The van der Waals surface area contributed by atoms with Crippen molar-refractivity contribution in [1.82, 2.24) is 20.4 Å². The standard InChI is InChI=1S/C33H40N4O5/c1-33(2,35-32(41)42)20-12-19-29(38)36(4)28(22-25-17-11-16-24-15-9-10-18-26(24)25)31(40)37(5)27(30(39)34-3)21-23-13-7-6-8-14-23/h6-19,27-28,35H,20-22H2,1-5H3,(H,34,39)(H,41,42)/t27-,28-/m1/s1. The van der Waals surface area contributed by atoms with Gasteiger partial charge in [-0.3, -0.25) is 14.4 Å². The first kappa shape index (κ1) is 31.9. The van der Waals surface area contributed by atoms with Gasteiger partial charge in [-0.2, -0.15) is 0 Å². The summed E-state index contributed by atoms with van der Waals surface area (Å²) in [6, 6.07) is 21.5. The molecule has 0 bridgehead atoms. The molecule has 3 N–H and O–H groups in total.